The van der Waals surface area contributed by atoms with Crippen molar-refractivity contribution in [1.82, 2.24) is 5.43 Å². The predicted molar refractivity (Wildman–Crippen MR) is 73.2 cm³/mol. The maximum absolute atomic E-state index is 11.2. The maximum Gasteiger partial charge on any atom is 0.242 e. The van der Waals surface area contributed by atoms with Crippen molar-refractivity contribution in [2.24, 2.45) is 5.10 Å². The van der Waals surface area contributed by atoms with Gasteiger partial charge in [0.2, 0.25) is 5.91 Å². The van der Waals surface area contributed by atoms with Crippen molar-refractivity contribution in [2.45, 2.75) is 13.3 Å². The quantitative estimate of drug-likeness (QED) is 0.455. The zero-order valence-corrected chi connectivity index (χ0v) is 10.5. The van der Waals surface area contributed by atoms with Crippen LogP contribution in [0.15, 0.2) is 41.5 Å². The number of amides is 1. The van der Waals surface area contributed by atoms with E-state index in [1.54, 1.807) is 12.3 Å². The minimum absolute atomic E-state index is 0.146. The largest absolute Gasteiger partial charge is 0.381 e. The van der Waals surface area contributed by atoms with E-state index >= 15 is 0 Å². The van der Waals surface area contributed by atoms with Crippen LogP contribution in [-0.4, -0.2) is 25.3 Å². The molecule has 0 saturated heterocycles. The second kappa shape index (κ2) is 9.13. The van der Waals surface area contributed by atoms with Crippen LogP contribution in [0.3, 0.4) is 0 Å². The number of benzene rings is 1. The number of carbonyl (C=O) groups excluding carboxylic acids is 1. The first-order valence-electron chi connectivity index (χ1n) is 5.94. The molecule has 1 rings (SSSR count). The lowest BCUT2D eigenvalue weighted by molar-refractivity contribution is -0.122. The molecule has 1 aromatic carbocycles. The minimum Gasteiger partial charge on any atom is -0.381 e. The van der Waals surface area contributed by atoms with E-state index < -0.39 is 0 Å². The van der Waals surface area contributed by atoms with E-state index in [-0.39, 0.29) is 5.91 Å². The summed E-state index contributed by atoms with van der Waals surface area (Å²) in [4.78, 5) is 11.2. The van der Waals surface area contributed by atoms with Crippen molar-refractivity contribution < 1.29 is 9.53 Å². The van der Waals surface area contributed by atoms with E-state index in [1.807, 2.05) is 43.3 Å². The summed E-state index contributed by atoms with van der Waals surface area (Å²) in [5, 5.41) is 3.80. The van der Waals surface area contributed by atoms with Crippen molar-refractivity contribution in [3.8, 4) is 0 Å². The first-order valence-corrected chi connectivity index (χ1v) is 5.94. The van der Waals surface area contributed by atoms with Gasteiger partial charge in [-0.1, -0.05) is 36.4 Å². The first-order chi connectivity index (χ1) is 8.83. The minimum atomic E-state index is -0.146. The Kier molecular flexibility index (Phi) is 7.16. The lowest BCUT2D eigenvalue weighted by Crippen LogP contribution is -2.18. The van der Waals surface area contributed by atoms with Gasteiger partial charge in [-0.15, -0.1) is 0 Å². The fourth-order valence-electron chi connectivity index (χ4n) is 1.24. The average molecular weight is 246 g/mol. The van der Waals surface area contributed by atoms with E-state index in [0.717, 1.165) is 5.56 Å². The summed E-state index contributed by atoms with van der Waals surface area (Å²) in [6.07, 6.45) is 5.56. The van der Waals surface area contributed by atoms with Gasteiger partial charge in [-0.2, -0.15) is 5.10 Å². The van der Waals surface area contributed by atoms with Crippen LogP contribution in [0.5, 0.6) is 0 Å². The molecule has 0 bridgehead atoms. The third-order valence-corrected chi connectivity index (χ3v) is 2.12. The molecule has 0 aliphatic heterocycles. The second-order valence-electron chi connectivity index (χ2n) is 3.53. The lowest BCUT2D eigenvalue weighted by Gasteiger charge is -1.99. The molecule has 1 N–H and O–H groups in total. The van der Waals surface area contributed by atoms with Gasteiger partial charge in [-0.3, -0.25) is 4.79 Å². The Labute approximate surface area is 107 Å². The van der Waals surface area contributed by atoms with Gasteiger partial charge < -0.3 is 4.74 Å². The SMILES string of the molecule is CCOCCC(=O)N/N=C/C=C/c1ccccc1. The maximum atomic E-state index is 11.2. The molecule has 96 valence electrons. The molecule has 0 fully saturated rings. The van der Waals surface area contributed by atoms with E-state index in [4.69, 9.17) is 4.74 Å². The van der Waals surface area contributed by atoms with Crippen LogP contribution in [-0.2, 0) is 9.53 Å². The third-order valence-electron chi connectivity index (χ3n) is 2.12. The van der Waals surface area contributed by atoms with Crippen LogP contribution in [0, 0.1) is 0 Å². The standard InChI is InChI=1S/C14H18N2O2/c1-2-18-12-10-14(17)16-15-11-6-9-13-7-4-3-5-8-13/h3-9,11H,2,10,12H2,1H3,(H,16,17)/b9-6+,15-11+. The molecule has 0 aliphatic carbocycles. The number of hydrogen-bond acceptors (Lipinski definition) is 3. The Morgan fingerprint density at radius 2 is 2.17 bits per heavy atom. The molecule has 0 atom stereocenters. The van der Waals surface area contributed by atoms with Gasteiger partial charge in [0.15, 0.2) is 0 Å². The Balaban J connectivity index is 2.21. The van der Waals surface area contributed by atoms with Crippen molar-refractivity contribution in [3.05, 3.63) is 42.0 Å². The second-order valence-corrected chi connectivity index (χ2v) is 3.53. The number of rotatable bonds is 7. The summed E-state index contributed by atoms with van der Waals surface area (Å²) in [6.45, 7) is 2.94. The summed E-state index contributed by atoms with van der Waals surface area (Å²) < 4.78 is 5.06. The monoisotopic (exact) mass is 246 g/mol. The highest BCUT2D eigenvalue weighted by Gasteiger charge is 1.97. The highest BCUT2D eigenvalue weighted by atomic mass is 16.5. The number of carbonyl (C=O) groups is 1. The fourth-order valence-corrected chi connectivity index (χ4v) is 1.24. The summed E-state index contributed by atoms with van der Waals surface area (Å²) in [6, 6.07) is 9.87. The Morgan fingerprint density at radius 1 is 1.39 bits per heavy atom. The van der Waals surface area contributed by atoms with Gasteiger partial charge in [0, 0.05) is 12.8 Å². The molecule has 0 unspecified atom stereocenters. The van der Waals surface area contributed by atoms with Crippen molar-refractivity contribution in [1.29, 1.82) is 0 Å². The van der Waals surface area contributed by atoms with Crippen LogP contribution in [0.4, 0.5) is 0 Å². The molecule has 0 spiro atoms. The van der Waals surface area contributed by atoms with Crippen molar-refractivity contribution in [3.63, 3.8) is 0 Å². The molecule has 1 amide bonds. The number of nitrogens with zero attached hydrogens (tertiary/aromatic N) is 1. The molecule has 1 aromatic rings. The van der Waals surface area contributed by atoms with Crippen LogP contribution < -0.4 is 5.43 Å². The van der Waals surface area contributed by atoms with Gasteiger partial charge >= 0.3 is 0 Å². The molecule has 0 heterocycles. The number of allylic oxidation sites excluding steroid dienone is 1. The van der Waals surface area contributed by atoms with E-state index in [1.165, 1.54) is 0 Å². The highest BCUT2D eigenvalue weighted by Crippen LogP contribution is 1.99. The number of hydrogen-bond donors (Lipinski definition) is 1. The number of hydrazone groups is 1. The molecular weight excluding hydrogens is 228 g/mol. The highest BCUT2D eigenvalue weighted by molar-refractivity contribution is 5.81. The zero-order chi connectivity index (χ0) is 13.1. The zero-order valence-electron chi connectivity index (χ0n) is 10.5. The molecule has 0 saturated carbocycles. The summed E-state index contributed by atoms with van der Waals surface area (Å²) in [5.41, 5.74) is 3.52. The number of nitrogens with one attached hydrogen (secondary N) is 1. The van der Waals surface area contributed by atoms with E-state index in [0.29, 0.717) is 19.6 Å². The van der Waals surface area contributed by atoms with Gasteiger partial charge in [-0.25, -0.2) is 5.43 Å². The van der Waals surface area contributed by atoms with Crippen LogP contribution in [0.1, 0.15) is 18.9 Å². The summed E-state index contributed by atoms with van der Waals surface area (Å²) in [7, 11) is 0. The smallest absolute Gasteiger partial charge is 0.242 e. The lowest BCUT2D eigenvalue weighted by atomic mass is 10.2. The summed E-state index contributed by atoms with van der Waals surface area (Å²) >= 11 is 0. The molecule has 18 heavy (non-hydrogen) atoms. The summed E-state index contributed by atoms with van der Waals surface area (Å²) in [5.74, 6) is -0.146. The molecule has 4 nitrogen and oxygen atoms in total. The van der Waals surface area contributed by atoms with E-state index in [2.05, 4.69) is 10.5 Å². The molecule has 4 heteroatoms. The molecule has 0 radical (unpaired) electrons. The fraction of sp³-hybridized carbons (Fsp3) is 0.286. The Morgan fingerprint density at radius 3 is 2.89 bits per heavy atom. The van der Waals surface area contributed by atoms with Crippen molar-refractivity contribution in [2.75, 3.05) is 13.2 Å². The van der Waals surface area contributed by atoms with Crippen LogP contribution >= 0.6 is 0 Å². The van der Waals surface area contributed by atoms with Crippen molar-refractivity contribution >= 4 is 18.2 Å². The Bertz CT molecular complexity index is 400. The van der Waals surface area contributed by atoms with Gasteiger partial charge in [-0.05, 0) is 18.6 Å². The normalized spacial score (nSPS) is 11.2. The third kappa shape index (κ3) is 6.60. The first kappa shape index (κ1) is 14.1. The van der Waals surface area contributed by atoms with Crippen LogP contribution in [0.25, 0.3) is 6.08 Å². The number of ether oxygens (including phenoxy) is 1. The molecule has 0 aromatic heterocycles. The molecular formula is C14H18N2O2. The Hall–Kier alpha value is -1.94. The topological polar surface area (TPSA) is 50.7 Å². The van der Waals surface area contributed by atoms with Gasteiger partial charge in [0.25, 0.3) is 0 Å². The predicted octanol–water partition coefficient (Wildman–Crippen LogP) is 2.23. The average Bonchev–Trinajstić information content (AvgIpc) is 2.40. The van der Waals surface area contributed by atoms with Gasteiger partial charge in [0.05, 0.1) is 13.0 Å². The van der Waals surface area contributed by atoms with Crippen LogP contribution in [0.2, 0.25) is 0 Å². The molecule has 0 aliphatic rings. The van der Waals surface area contributed by atoms with E-state index in [9.17, 15) is 4.79 Å². The van der Waals surface area contributed by atoms with Gasteiger partial charge in [0.1, 0.15) is 0 Å².